The van der Waals surface area contributed by atoms with E-state index >= 15 is 0 Å². The van der Waals surface area contributed by atoms with Gasteiger partial charge in [-0.2, -0.15) is 13.2 Å². The summed E-state index contributed by atoms with van der Waals surface area (Å²) in [6.45, 7) is 0.156. The largest absolute Gasteiger partial charge is 0.449 e. The van der Waals surface area contributed by atoms with Gasteiger partial charge in [0.05, 0.1) is 23.7 Å². The second-order valence-corrected chi connectivity index (χ2v) is 6.43. The van der Waals surface area contributed by atoms with E-state index in [2.05, 4.69) is 10.3 Å². The molecule has 24 heavy (non-hydrogen) atoms. The molecule has 1 fully saturated rings. The van der Waals surface area contributed by atoms with Crippen LogP contribution in [0.25, 0.3) is 11.0 Å². The van der Waals surface area contributed by atoms with Crippen molar-refractivity contribution in [2.45, 2.75) is 57.0 Å². The third-order valence-corrected chi connectivity index (χ3v) is 4.55. The van der Waals surface area contributed by atoms with Crippen LogP contribution in [0.2, 0.25) is 0 Å². The maximum atomic E-state index is 13.2. The van der Waals surface area contributed by atoms with E-state index in [4.69, 9.17) is 0 Å². The van der Waals surface area contributed by atoms with Crippen molar-refractivity contribution in [2.75, 3.05) is 6.54 Å². The summed E-state index contributed by atoms with van der Waals surface area (Å²) in [5.41, 5.74) is 0.679. The summed E-state index contributed by atoms with van der Waals surface area (Å²) >= 11 is 0. The number of halogens is 3. The second-order valence-electron chi connectivity index (χ2n) is 6.43. The Kier molecular flexibility index (Phi) is 5.10. The lowest BCUT2D eigenvalue weighted by Gasteiger charge is -2.24. The van der Waals surface area contributed by atoms with E-state index in [1.807, 2.05) is 0 Å². The molecule has 1 aromatic heterocycles. The molecule has 3 rings (SSSR count). The van der Waals surface area contributed by atoms with Crippen molar-refractivity contribution in [3.8, 4) is 0 Å². The van der Waals surface area contributed by atoms with Crippen molar-refractivity contribution in [1.29, 1.82) is 0 Å². The van der Waals surface area contributed by atoms with E-state index in [0.717, 1.165) is 30.3 Å². The Labute approximate surface area is 138 Å². The van der Waals surface area contributed by atoms with Crippen LogP contribution in [-0.4, -0.2) is 33.3 Å². The van der Waals surface area contributed by atoms with Crippen molar-refractivity contribution in [3.63, 3.8) is 0 Å². The molecule has 1 unspecified atom stereocenters. The van der Waals surface area contributed by atoms with Gasteiger partial charge in [0, 0.05) is 12.6 Å². The van der Waals surface area contributed by atoms with Gasteiger partial charge in [0.25, 0.3) is 0 Å². The minimum absolute atomic E-state index is 0.130. The topological polar surface area (TPSA) is 50.1 Å². The highest BCUT2D eigenvalue weighted by atomic mass is 19.4. The molecule has 1 aromatic carbocycles. The quantitative estimate of drug-likeness (QED) is 0.877. The molecular weight excluding hydrogens is 319 g/mol. The number of aliphatic hydroxyl groups is 1. The summed E-state index contributed by atoms with van der Waals surface area (Å²) in [6.07, 6.45) is 0.247. The van der Waals surface area contributed by atoms with Crippen LogP contribution in [-0.2, 0) is 12.7 Å². The Balaban J connectivity index is 1.73. The maximum absolute atomic E-state index is 13.2. The van der Waals surface area contributed by atoms with Crippen LogP contribution in [0.5, 0.6) is 0 Å². The molecule has 1 heterocycles. The van der Waals surface area contributed by atoms with E-state index in [9.17, 15) is 18.3 Å². The Morgan fingerprint density at radius 3 is 2.62 bits per heavy atom. The van der Waals surface area contributed by atoms with Crippen molar-refractivity contribution in [3.05, 3.63) is 30.1 Å². The molecule has 2 N–H and O–H groups in total. The number of hydrogen-bond donors (Lipinski definition) is 2. The SMILES string of the molecule is OC(CNC1CCCCC1)Cn1c(C(F)(F)F)nc2ccccc21. The Hall–Kier alpha value is -1.60. The van der Waals surface area contributed by atoms with Gasteiger partial charge in [-0.25, -0.2) is 4.98 Å². The van der Waals surface area contributed by atoms with Gasteiger partial charge in [-0.15, -0.1) is 0 Å². The van der Waals surface area contributed by atoms with Crippen LogP contribution in [0, 0.1) is 0 Å². The van der Waals surface area contributed by atoms with Crippen LogP contribution >= 0.6 is 0 Å². The van der Waals surface area contributed by atoms with Gasteiger partial charge in [-0.05, 0) is 25.0 Å². The average Bonchev–Trinajstić information content (AvgIpc) is 2.93. The van der Waals surface area contributed by atoms with Crippen molar-refractivity contribution in [2.24, 2.45) is 0 Å². The van der Waals surface area contributed by atoms with Crippen LogP contribution in [0.15, 0.2) is 24.3 Å². The summed E-state index contributed by atoms with van der Waals surface area (Å²) in [4.78, 5) is 3.69. The predicted molar refractivity (Wildman–Crippen MR) is 85.6 cm³/mol. The molecule has 2 aromatic rings. The van der Waals surface area contributed by atoms with E-state index in [1.165, 1.54) is 6.42 Å². The number of aromatic nitrogens is 2. The molecule has 0 spiro atoms. The Bertz CT molecular complexity index is 677. The third-order valence-electron chi connectivity index (χ3n) is 4.55. The number of nitrogens with one attached hydrogen (secondary N) is 1. The highest BCUT2D eigenvalue weighted by Gasteiger charge is 2.37. The minimum Gasteiger partial charge on any atom is -0.390 e. The maximum Gasteiger partial charge on any atom is 0.449 e. The van der Waals surface area contributed by atoms with Crippen LogP contribution in [0.3, 0.4) is 0 Å². The zero-order valence-corrected chi connectivity index (χ0v) is 13.4. The molecule has 132 valence electrons. The standard InChI is InChI=1S/C17H22F3N3O/c18-17(19,20)16-22-14-8-4-5-9-15(14)23(16)11-13(24)10-21-12-6-2-1-3-7-12/h4-5,8-9,12-13,21,24H,1-3,6-7,10-11H2. The first-order chi connectivity index (χ1) is 11.4. The number of alkyl halides is 3. The summed E-state index contributed by atoms with van der Waals surface area (Å²) in [5, 5.41) is 13.5. The molecule has 0 aliphatic heterocycles. The van der Waals surface area contributed by atoms with Gasteiger partial charge in [0.2, 0.25) is 5.82 Å². The minimum atomic E-state index is -4.55. The van der Waals surface area contributed by atoms with E-state index in [-0.39, 0.29) is 18.6 Å². The smallest absolute Gasteiger partial charge is 0.390 e. The predicted octanol–water partition coefficient (Wildman–Crippen LogP) is 3.34. The molecule has 4 nitrogen and oxygen atoms in total. The highest BCUT2D eigenvalue weighted by Crippen LogP contribution is 2.31. The number of nitrogens with zero attached hydrogens (tertiary/aromatic N) is 2. The summed E-state index contributed by atoms with van der Waals surface area (Å²) in [7, 11) is 0. The first-order valence-electron chi connectivity index (χ1n) is 8.39. The summed E-state index contributed by atoms with van der Waals surface area (Å²) in [5.74, 6) is -0.958. The molecule has 7 heteroatoms. The molecule has 0 bridgehead atoms. The van der Waals surface area contributed by atoms with Crippen LogP contribution < -0.4 is 5.32 Å². The average molecular weight is 341 g/mol. The van der Waals surface area contributed by atoms with Gasteiger partial charge in [0.15, 0.2) is 0 Å². The second kappa shape index (κ2) is 7.11. The lowest BCUT2D eigenvalue weighted by atomic mass is 9.95. The zero-order valence-electron chi connectivity index (χ0n) is 13.4. The highest BCUT2D eigenvalue weighted by molar-refractivity contribution is 5.76. The monoisotopic (exact) mass is 341 g/mol. The summed E-state index contributed by atoms with van der Waals surface area (Å²) in [6, 6.07) is 6.83. The molecule has 1 saturated carbocycles. The van der Waals surface area contributed by atoms with Crippen LogP contribution in [0.1, 0.15) is 37.9 Å². The van der Waals surface area contributed by atoms with Gasteiger partial charge in [0.1, 0.15) is 0 Å². The van der Waals surface area contributed by atoms with Gasteiger partial charge >= 0.3 is 6.18 Å². The van der Waals surface area contributed by atoms with Crippen molar-refractivity contribution in [1.82, 2.24) is 14.9 Å². The number of aliphatic hydroxyl groups excluding tert-OH is 1. The van der Waals surface area contributed by atoms with E-state index < -0.39 is 18.1 Å². The molecule has 0 saturated heterocycles. The first-order valence-corrected chi connectivity index (χ1v) is 8.39. The Morgan fingerprint density at radius 2 is 1.92 bits per heavy atom. The molecule has 1 aliphatic rings. The zero-order chi connectivity index (χ0) is 17.2. The number of hydrogen-bond acceptors (Lipinski definition) is 3. The first kappa shape index (κ1) is 17.2. The lowest BCUT2D eigenvalue weighted by molar-refractivity contribution is -0.147. The number of benzene rings is 1. The number of fused-ring (bicyclic) bond motifs is 1. The normalized spacial score (nSPS) is 18.2. The Morgan fingerprint density at radius 1 is 1.21 bits per heavy atom. The fraction of sp³-hybridized carbons (Fsp3) is 0.588. The third kappa shape index (κ3) is 3.89. The number of imidazole rings is 1. The lowest BCUT2D eigenvalue weighted by Crippen LogP contribution is -2.38. The van der Waals surface area contributed by atoms with Gasteiger partial charge in [-0.3, -0.25) is 0 Å². The van der Waals surface area contributed by atoms with Crippen molar-refractivity contribution >= 4 is 11.0 Å². The molecule has 1 aliphatic carbocycles. The van der Waals surface area contributed by atoms with E-state index in [0.29, 0.717) is 11.6 Å². The molecule has 1 atom stereocenters. The fourth-order valence-corrected chi connectivity index (χ4v) is 3.36. The number of para-hydroxylation sites is 2. The van der Waals surface area contributed by atoms with Gasteiger partial charge < -0.3 is 15.0 Å². The molecule has 0 amide bonds. The van der Waals surface area contributed by atoms with Gasteiger partial charge in [-0.1, -0.05) is 31.4 Å². The molecular formula is C17H22F3N3O. The van der Waals surface area contributed by atoms with E-state index in [1.54, 1.807) is 24.3 Å². The summed E-state index contributed by atoms with van der Waals surface area (Å²) < 4.78 is 40.8. The number of rotatable bonds is 5. The molecule has 0 radical (unpaired) electrons. The fourth-order valence-electron chi connectivity index (χ4n) is 3.36. The van der Waals surface area contributed by atoms with Crippen molar-refractivity contribution < 1.29 is 18.3 Å². The van der Waals surface area contributed by atoms with Crippen LogP contribution in [0.4, 0.5) is 13.2 Å².